The number of hydrogen-bond donors (Lipinski definition) is 1. The zero-order valence-electron chi connectivity index (χ0n) is 7.28. The molecule has 2 rings (SSSR count). The number of rotatable bonds is 0. The fourth-order valence-electron chi connectivity index (χ4n) is 1.54. The average Bonchev–Trinajstić information content (AvgIpc) is 2.06. The van der Waals surface area contributed by atoms with Gasteiger partial charge >= 0.3 is 5.97 Å². The molecule has 0 amide bonds. The Balaban J connectivity index is 2.49. The Morgan fingerprint density at radius 1 is 1.54 bits per heavy atom. The first-order valence-corrected chi connectivity index (χ1v) is 4.20. The topological polar surface area (TPSA) is 46.5 Å². The van der Waals surface area contributed by atoms with Gasteiger partial charge < -0.3 is 9.84 Å². The minimum atomic E-state index is -0.203. The van der Waals surface area contributed by atoms with Crippen molar-refractivity contribution in [2.75, 3.05) is 0 Å². The van der Waals surface area contributed by atoms with E-state index in [2.05, 4.69) is 0 Å². The molecule has 1 aliphatic rings. The van der Waals surface area contributed by atoms with Gasteiger partial charge in [-0.25, -0.2) is 0 Å². The van der Waals surface area contributed by atoms with Crippen molar-refractivity contribution < 1.29 is 14.6 Å². The smallest absolute Gasteiger partial charge is 0.311 e. The highest BCUT2D eigenvalue weighted by atomic mass is 16.5. The largest absolute Gasteiger partial charge is 0.508 e. The predicted molar refractivity (Wildman–Crippen MR) is 46.8 cm³/mol. The summed E-state index contributed by atoms with van der Waals surface area (Å²) in [4.78, 5) is 11.0. The van der Waals surface area contributed by atoms with Crippen LogP contribution in [0.3, 0.4) is 0 Å². The molecule has 13 heavy (non-hydrogen) atoms. The van der Waals surface area contributed by atoms with Gasteiger partial charge in [-0.15, -0.1) is 0 Å². The lowest BCUT2D eigenvalue weighted by atomic mass is 9.95. The Labute approximate surface area is 76.0 Å². The molecule has 0 fully saturated rings. The van der Waals surface area contributed by atoms with Gasteiger partial charge in [0.25, 0.3) is 0 Å². The van der Waals surface area contributed by atoms with E-state index in [0.29, 0.717) is 12.2 Å². The van der Waals surface area contributed by atoms with E-state index >= 15 is 0 Å². The third-order valence-corrected chi connectivity index (χ3v) is 2.22. The van der Waals surface area contributed by atoms with E-state index in [9.17, 15) is 9.90 Å². The van der Waals surface area contributed by atoms with Crippen molar-refractivity contribution in [2.45, 2.75) is 19.3 Å². The summed E-state index contributed by atoms with van der Waals surface area (Å²) < 4.78 is 5.01. The van der Waals surface area contributed by atoms with Crippen molar-refractivity contribution in [3.8, 4) is 11.5 Å². The van der Waals surface area contributed by atoms with Crippen molar-refractivity contribution >= 4 is 5.97 Å². The van der Waals surface area contributed by atoms with Crippen LogP contribution in [-0.4, -0.2) is 11.1 Å². The molecule has 0 saturated carbocycles. The molecular formula is C10H10O3. The van der Waals surface area contributed by atoms with Gasteiger partial charge in [0.1, 0.15) is 11.5 Å². The Morgan fingerprint density at radius 3 is 3.08 bits per heavy atom. The van der Waals surface area contributed by atoms with Crippen LogP contribution in [0.2, 0.25) is 0 Å². The summed E-state index contributed by atoms with van der Waals surface area (Å²) in [6, 6.07) is 4.79. The van der Waals surface area contributed by atoms with Crippen molar-refractivity contribution in [3.05, 3.63) is 23.8 Å². The Hall–Kier alpha value is -1.51. The number of aromatic hydroxyl groups is 1. The van der Waals surface area contributed by atoms with Gasteiger partial charge in [0.15, 0.2) is 0 Å². The van der Waals surface area contributed by atoms with E-state index in [1.54, 1.807) is 12.1 Å². The summed E-state index contributed by atoms with van der Waals surface area (Å²) in [6.45, 7) is 1.94. The summed E-state index contributed by atoms with van der Waals surface area (Å²) in [5, 5.41) is 9.23. The van der Waals surface area contributed by atoms with Crippen LogP contribution in [0.25, 0.3) is 0 Å². The number of fused-ring (bicyclic) bond motifs is 1. The molecule has 3 nitrogen and oxygen atoms in total. The van der Waals surface area contributed by atoms with Gasteiger partial charge in [0, 0.05) is 5.56 Å². The lowest BCUT2D eigenvalue weighted by molar-refractivity contribution is -0.135. The molecule has 0 spiro atoms. The SMILES string of the molecule is C[C@@H]1CC(=O)Oc2ccc(O)cc21. The highest BCUT2D eigenvalue weighted by molar-refractivity contribution is 5.76. The van der Waals surface area contributed by atoms with Gasteiger partial charge in [0.2, 0.25) is 0 Å². The monoisotopic (exact) mass is 178 g/mol. The molecule has 1 heterocycles. The number of ether oxygens (including phenoxy) is 1. The molecule has 0 unspecified atom stereocenters. The number of phenolic OH excluding ortho intramolecular Hbond substituents is 1. The number of hydrogen-bond acceptors (Lipinski definition) is 3. The maximum Gasteiger partial charge on any atom is 0.311 e. The molecule has 0 radical (unpaired) electrons. The molecule has 1 aliphatic heterocycles. The number of esters is 1. The van der Waals surface area contributed by atoms with Gasteiger partial charge in [-0.05, 0) is 24.1 Å². The normalized spacial score (nSPS) is 20.7. The van der Waals surface area contributed by atoms with E-state index in [-0.39, 0.29) is 17.6 Å². The molecule has 1 aromatic rings. The van der Waals surface area contributed by atoms with Crippen molar-refractivity contribution in [1.29, 1.82) is 0 Å². The number of carbonyl (C=O) groups is 1. The Morgan fingerprint density at radius 2 is 2.31 bits per heavy atom. The van der Waals surface area contributed by atoms with Crippen LogP contribution in [-0.2, 0) is 4.79 Å². The van der Waals surface area contributed by atoms with Crippen molar-refractivity contribution in [1.82, 2.24) is 0 Å². The van der Waals surface area contributed by atoms with E-state index < -0.39 is 0 Å². The van der Waals surface area contributed by atoms with Crippen LogP contribution in [0, 0.1) is 0 Å². The van der Waals surface area contributed by atoms with Crippen LogP contribution in [0.5, 0.6) is 11.5 Å². The maximum atomic E-state index is 11.0. The molecule has 68 valence electrons. The standard InChI is InChI=1S/C10H10O3/c1-6-4-10(12)13-9-3-2-7(11)5-8(6)9/h2-3,5-6,11H,4H2,1H3/t6-/m1/s1. The summed E-state index contributed by atoms with van der Waals surface area (Å²) >= 11 is 0. The van der Waals surface area contributed by atoms with Crippen LogP contribution in [0.1, 0.15) is 24.8 Å². The highest BCUT2D eigenvalue weighted by Gasteiger charge is 2.23. The molecule has 1 N–H and O–H groups in total. The third kappa shape index (κ3) is 1.37. The lowest BCUT2D eigenvalue weighted by Crippen LogP contribution is -2.18. The minimum Gasteiger partial charge on any atom is -0.508 e. The molecule has 0 aliphatic carbocycles. The summed E-state index contributed by atoms with van der Waals surface area (Å²) in [5.74, 6) is 0.708. The molecule has 0 aromatic heterocycles. The van der Waals surface area contributed by atoms with Gasteiger partial charge in [-0.3, -0.25) is 4.79 Å². The highest BCUT2D eigenvalue weighted by Crippen LogP contribution is 2.35. The quantitative estimate of drug-likeness (QED) is 0.486. The molecular weight excluding hydrogens is 168 g/mol. The predicted octanol–water partition coefficient (Wildman–Crippen LogP) is 1.80. The number of phenols is 1. The lowest BCUT2D eigenvalue weighted by Gasteiger charge is -2.20. The number of benzene rings is 1. The van der Waals surface area contributed by atoms with Gasteiger partial charge in [-0.1, -0.05) is 6.92 Å². The Bertz CT molecular complexity index is 357. The summed E-state index contributed by atoms with van der Waals surface area (Å²) in [7, 11) is 0. The second-order valence-corrected chi connectivity index (χ2v) is 3.30. The third-order valence-electron chi connectivity index (χ3n) is 2.22. The second kappa shape index (κ2) is 2.76. The minimum absolute atomic E-state index is 0.128. The van der Waals surface area contributed by atoms with Gasteiger partial charge in [0.05, 0.1) is 6.42 Å². The van der Waals surface area contributed by atoms with Crippen LogP contribution < -0.4 is 4.74 Å². The second-order valence-electron chi connectivity index (χ2n) is 3.30. The first-order valence-electron chi connectivity index (χ1n) is 4.20. The summed E-state index contributed by atoms with van der Waals surface area (Å²) in [6.07, 6.45) is 0.385. The van der Waals surface area contributed by atoms with Crippen LogP contribution >= 0.6 is 0 Å². The van der Waals surface area contributed by atoms with Crippen molar-refractivity contribution in [3.63, 3.8) is 0 Å². The number of carbonyl (C=O) groups excluding carboxylic acids is 1. The van der Waals surface area contributed by atoms with E-state index in [4.69, 9.17) is 4.74 Å². The first-order chi connectivity index (χ1) is 6.16. The zero-order chi connectivity index (χ0) is 9.42. The average molecular weight is 178 g/mol. The van der Waals surface area contributed by atoms with E-state index in [0.717, 1.165) is 5.56 Å². The maximum absolute atomic E-state index is 11.0. The van der Waals surface area contributed by atoms with Crippen molar-refractivity contribution in [2.24, 2.45) is 0 Å². The zero-order valence-corrected chi connectivity index (χ0v) is 7.28. The molecule has 0 bridgehead atoms. The van der Waals surface area contributed by atoms with E-state index in [1.165, 1.54) is 6.07 Å². The molecule has 1 atom stereocenters. The molecule has 1 aromatic carbocycles. The molecule has 0 saturated heterocycles. The Kier molecular flexibility index (Phi) is 1.72. The molecule has 3 heteroatoms. The first kappa shape index (κ1) is 8.10. The van der Waals surface area contributed by atoms with Gasteiger partial charge in [-0.2, -0.15) is 0 Å². The van der Waals surface area contributed by atoms with Crippen LogP contribution in [0.15, 0.2) is 18.2 Å². The van der Waals surface area contributed by atoms with E-state index in [1.807, 2.05) is 6.92 Å². The fraction of sp³-hybridized carbons (Fsp3) is 0.300. The summed E-state index contributed by atoms with van der Waals surface area (Å²) in [5.41, 5.74) is 0.902. The van der Waals surface area contributed by atoms with Crippen LogP contribution in [0.4, 0.5) is 0 Å². The fourth-order valence-corrected chi connectivity index (χ4v) is 1.54.